The number of fused-ring (bicyclic) bond motifs is 1. The number of aliphatic hydroxyl groups excluding tert-OH is 1. The predicted molar refractivity (Wildman–Crippen MR) is 135 cm³/mol. The zero-order chi connectivity index (χ0) is 25.6. The summed E-state index contributed by atoms with van der Waals surface area (Å²) >= 11 is 1.04. The number of para-hydroxylation sites is 1. The molecule has 182 valence electrons. The van der Waals surface area contributed by atoms with Gasteiger partial charge in [0.25, 0.3) is 5.91 Å². The highest BCUT2D eigenvalue weighted by atomic mass is 32.1. The Morgan fingerprint density at radius 3 is 2.53 bits per heavy atom. The summed E-state index contributed by atoms with van der Waals surface area (Å²) in [6.07, 6.45) is 0. The Morgan fingerprint density at radius 1 is 1.17 bits per heavy atom. The molecule has 36 heavy (non-hydrogen) atoms. The van der Waals surface area contributed by atoms with Gasteiger partial charge >= 0.3 is 0 Å². The number of benzene rings is 2. The number of anilines is 1. The van der Waals surface area contributed by atoms with Crippen LogP contribution in [0.15, 0.2) is 70.3 Å². The highest BCUT2D eigenvalue weighted by Gasteiger charge is 2.46. The van der Waals surface area contributed by atoms with Gasteiger partial charge in [0.15, 0.2) is 22.4 Å². The van der Waals surface area contributed by atoms with Gasteiger partial charge in [-0.15, -0.1) is 0 Å². The quantitative estimate of drug-likeness (QED) is 0.328. The van der Waals surface area contributed by atoms with Crippen LogP contribution in [-0.4, -0.2) is 34.2 Å². The molecule has 2 aromatic carbocycles. The summed E-state index contributed by atoms with van der Waals surface area (Å²) in [5.41, 5.74) is 1.42. The molecule has 3 heterocycles. The van der Waals surface area contributed by atoms with Crippen molar-refractivity contribution >= 4 is 44.9 Å². The normalized spacial score (nSPS) is 15.7. The molecule has 0 bridgehead atoms. The number of furan rings is 1. The molecule has 0 aliphatic carbocycles. The number of rotatable bonds is 7. The van der Waals surface area contributed by atoms with Crippen LogP contribution in [0.5, 0.6) is 5.75 Å². The predicted octanol–water partition coefficient (Wildman–Crippen LogP) is 5.58. The molecule has 1 unspecified atom stereocenters. The van der Waals surface area contributed by atoms with E-state index in [1.807, 2.05) is 19.1 Å². The SMILES string of the molecule is CCOc1ccc(C2C(C(=O)c3cc4ccccc4o3)=C(O)C(=O)N2c2nc(C)c(C(C)=O)s2)cc1. The van der Waals surface area contributed by atoms with Crippen LogP contribution in [0.25, 0.3) is 11.0 Å². The van der Waals surface area contributed by atoms with Gasteiger partial charge in [0, 0.05) is 12.3 Å². The van der Waals surface area contributed by atoms with Gasteiger partial charge < -0.3 is 14.3 Å². The summed E-state index contributed by atoms with van der Waals surface area (Å²) in [6, 6.07) is 14.7. The van der Waals surface area contributed by atoms with Crippen molar-refractivity contribution in [3.05, 3.63) is 87.8 Å². The van der Waals surface area contributed by atoms with E-state index in [0.29, 0.717) is 34.1 Å². The summed E-state index contributed by atoms with van der Waals surface area (Å²) < 4.78 is 11.3. The van der Waals surface area contributed by atoms with Crippen LogP contribution in [0, 0.1) is 6.92 Å². The van der Waals surface area contributed by atoms with E-state index >= 15 is 0 Å². The fourth-order valence-electron chi connectivity index (χ4n) is 4.30. The Bertz CT molecular complexity index is 1510. The average molecular weight is 503 g/mol. The Kier molecular flexibility index (Phi) is 5.93. The third-order valence-electron chi connectivity index (χ3n) is 5.92. The number of hydrogen-bond donors (Lipinski definition) is 1. The number of aliphatic hydroxyl groups is 1. The molecule has 0 saturated heterocycles. The van der Waals surface area contributed by atoms with Crippen LogP contribution in [0.2, 0.25) is 0 Å². The zero-order valence-corrected chi connectivity index (χ0v) is 20.6. The summed E-state index contributed by atoms with van der Waals surface area (Å²) in [5.74, 6) is -1.63. The number of aryl methyl sites for hydroxylation is 1. The lowest BCUT2D eigenvalue weighted by Gasteiger charge is -2.24. The molecule has 1 aliphatic rings. The molecule has 0 saturated carbocycles. The van der Waals surface area contributed by atoms with E-state index in [2.05, 4.69) is 4.98 Å². The van der Waals surface area contributed by atoms with Gasteiger partial charge in [-0.1, -0.05) is 41.7 Å². The molecule has 8 nitrogen and oxygen atoms in total. The molecule has 1 amide bonds. The molecule has 2 aromatic heterocycles. The van der Waals surface area contributed by atoms with Crippen molar-refractivity contribution in [2.45, 2.75) is 26.8 Å². The molecule has 9 heteroatoms. The minimum Gasteiger partial charge on any atom is -0.503 e. The van der Waals surface area contributed by atoms with Gasteiger partial charge in [0.1, 0.15) is 11.3 Å². The first-order chi connectivity index (χ1) is 17.3. The van der Waals surface area contributed by atoms with Crippen LogP contribution in [0.1, 0.15) is 51.4 Å². The number of amides is 1. The topological polar surface area (TPSA) is 110 Å². The fourth-order valence-corrected chi connectivity index (χ4v) is 5.29. The third-order valence-corrected chi connectivity index (χ3v) is 7.18. The Labute approximate surface area is 210 Å². The second kappa shape index (κ2) is 9.09. The van der Waals surface area contributed by atoms with Crippen molar-refractivity contribution in [3.63, 3.8) is 0 Å². The van der Waals surface area contributed by atoms with Crippen molar-refractivity contribution in [2.24, 2.45) is 0 Å². The lowest BCUT2D eigenvalue weighted by molar-refractivity contribution is -0.117. The van der Waals surface area contributed by atoms with Crippen LogP contribution in [0.4, 0.5) is 5.13 Å². The number of carbonyl (C=O) groups is 3. The van der Waals surface area contributed by atoms with E-state index in [1.165, 1.54) is 11.8 Å². The fraction of sp³-hybridized carbons (Fsp3) is 0.185. The first-order valence-electron chi connectivity index (χ1n) is 11.3. The monoisotopic (exact) mass is 502 g/mol. The molecule has 1 N–H and O–H groups in total. The minimum atomic E-state index is -0.987. The van der Waals surface area contributed by atoms with E-state index in [0.717, 1.165) is 16.7 Å². The number of aromatic nitrogens is 1. The number of ketones is 2. The highest BCUT2D eigenvalue weighted by Crippen LogP contribution is 2.44. The number of Topliss-reactive ketones (excluding diaryl/α,β-unsaturated/α-hetero) is 2. The Morgan fingerprint density at radius 2 is 1.89 bits per heavy atom. The van der Waals surface area contributed by atoms with Crippen LogP contribution >= 0.6 is 11.3 Å². The molecular weight excluding hydrogens is 480 g/mol. The molecule has 0 spiro atoms. The van der Waals surface area contributed by atoms with Gasteiger partial charge in [-0.05, 0) is 43.7 Å². The van der Waals surface area contributed by atoms with Gasteiger partial charge in [-0.25, -0.2) is 4.98 Å². The second-order valence-electron chi connectivity index (χ2n) is 8.29. The van der Waals surface area contributed by atoms with E-state index < -0.39 is 23.5 Å². The van der Waals surface area contributed by atoms with E-state index in [9.17, 15) is 19.5 Å². The summed E-state index contributed by atoms with van der Waals surface area (Å²) in [5, 5.41) is 11.9. The summed E-state index contributed by atoms with van der Waals surface area (Å²) in [6.45, 7) is 5.45. The molecule has 4 aromatic rings. The van der Waals surface area contributed by atoms with Crippen LogP contribution in [0.3, 0.4) is 0 Å². The third kappa shape index (κ3) is 3.87. The number of hydrogen-bond acceptors (Lipinski definition) is 8. The molecule has 5 rings (SSSR count). The molecule has 1 aliphatic heterocycles. The van der Waals surface area contributed by atoms with Gasteiger partial charge in [0.05, 0.1) is 28.8 Å². The number of carbonyl (C=O) groups excluding carboxylic acids is 3. The lowest BCUT2D eigenvalue weighted by Crippen LogP contribution is -2.31. The summed E-state index contributed by atoms with van der Waals surface area (Å²) in [7, 11) is 0. The van der Waals surface area contributed by atoms with Crippen LogP contribution in [-0.2, 0) is 4.79 Å². The maximum absolute atomic E-state index is 13.7. The maximum Gasteiger partial charge on any atom is 0.296 e. The number of nitrogens with zero attached hydrogens (tertiary/aromatic N) is 2. The standard InChI is InChI=1S/C27H22N2O6S/c1-4-34-18-11-9-16(10-12-18)22-21(23(31)20-13-17-7-5-6-8-19(17)35-20)24(32)26(33)29(22)27-28-14(2)25(36-27)15(3)30/h5-13,22,32H,4H2,1-3H3. The zero-order valence-electron chi connectivity index (χ0n) is 19.8. The van der Waals surface area contributed by atoms with Gasteiger partial charge in [0.2, 0.25) is 5.78 Å². The maximum atomic E-state index is 13.7. The highest BCUT2D eigenvalue weighted by molar-refractivity contribution is 7.17. The number of ether oxygens (including phenoxy) is 1. The first-order valence-corrected chi connectivity index (χ1v) is 12.1. The molecular formula is C27H22N2O6S. The van der Waals surface area contributed by atoms with E-state index in [1.54, 1.807) is 49.4 Å². The minimum absolute atomic E-state index is 0.00285. The molecule has 1 atom stereocenters. The van der Waals surface area contributed by atoms with Gasteiger partial charge in [-0.2, -0.15) is 0 Å². The van der Waals surface area contributed by atoms with Crippen molar-refractivity contribution in [1.82, 2.24) is 4.98 Å². The molecule has 0 radical (unpaired) electrons. The Balaban J connectivity index is 1.65. The first kappa shape index (κ1) is 23.5. The van der Waals surface area contributed by atoms with E-state index in [4.69, 9.17) is 9.15 Å². The van der Waals surface area contributed by atoms with Crippen LogP contribution < -0.4 is 9.64 Å². The smallest absolute Gasteiger partial charge is 0.296 e. The second-order valence-corrected chi connectivity index (χ2v) is 9.26. The molecule has 0 fully saturated rings. The van der Waals surface area contributed by atoms with Gasteiger partial charge in [-0.3, -0.25) is 19.3 Å². The van der Waals surface area contributed by atoms with Crippen molar-refractivity contribution in [2.75, 3.05) is 11.5 Å². The van der Waals surface area contributed by atoms with Crippen molar-refractivity contribution in [1.29, 1.82) is 0 Å². The number of thiazole rings is 1. The van der Waals surface area contributed by atoms with Crippen molar-refractivity contribution < 1.29 is 28.6 Å². The Hall–Kier alpha value is -4.24. The lowest BCUT2D eigenvalue weighted by atomic mass is 9.95. The summed E-state index contributed by atoms with van der Waals surface area (Å²) in [4.78, 5) is 45.2. The van der Waals surface area contributed by atoms with Crippen molar-refractivity contribution in [3.8, 4) is 5.75 Å². The van der Waals surface area contributed by atoms with E-state index in [-0.39, 0.29) is 22.2 Å². The average Bonchev–Trinajstić information content (AvgIpc) is 3.54. The largest absolute Gasteiger partial charge is 0.503 e.